The Morgan fingerprint density at radius 1 is 1.03 bits per heavy atom. The number of carbonyl (C=O) groups excluding carboxylic acids is 2. The number of anilines is 1. The van der Waals surface area contributed by atoms with Gasteiger partial charge in [0, 0.05) is 30.9 Å². The van der Waals surface area contributed by atoms with Crippen molar-refractivity contribution in [1.82, 2.24) is 10.2 Å². The Bertz CT molecular complexity index is 972. The summed E-state index contributed by atoms with van der Waals surface area (Å²) in [7, 11) is 0. The molecule has 1 aliphatic carbocycles. The Hall–Kier alpha value is -2.66. The lowest BCUT2D eigenvalue weighted by Gasteiger charge is -2.40. The molecule has 5 rings (SSSR count). The molecule has 31 heavy (non-hydrogen) atoms. The molecule has 2 heterocycles. The minimum Gasteiger partial charge on any atom is -0.339 e. The first kappa shape index (κ1) is 20.3. The lowest BCUT2D eigenvalue weighted by molar-refractivity contribution is -0.120. The van der Waals surface area contributed by atoms with Gasteiger partial charge in [0.05, 0.1) is 5.92 Å². The lowest BCUT2D eigenvalue weighted by Crippen LogP contribution is -2.44. The Labute approximate surface area is 184 Å². The van der Waals surface area contributed by atoms with Crippen molar-refractivity contribution in [3.63, 3.8) is 0 Å². The zero-order valence-corrected chi connectivity index (χ0v) is 18.0. The summed E-state index contributed by atoms with van der Waals surface area (Å²) in [6.07, 6.45) is 6.35. The summed E-state index contributed by atoms with van der Waals surface area (Å²) >= 11 is 0. The summed E-state index contributed by atoms with van der Waals surface area (Å²) in [6.45, 7) is 3.29. The molecule has 2 N–H and O–H groups in total. The molecule has 0 bridgehead atoms. The number of hydrogen-bond donors (Lipinski definition) is 2. The fourth-order valence-corrected chi connectivity index (χ4v) is 5.65. The van der Waals surface area contributed by atoms with Crippen LogP contribution in [-0.4, -0.2) is 42.9 Å². The summed E-state index contributed by atoms with van der Waals surface area (Å²) in [5.74, 6) is 0.105. The highest BCUT2D eigenvalue weighted by Crippen LogP contribution is 2.46. The first-order valence-electron chi connectivity index (χ1n) is 11.6. The molecule has 2 aliphatic heterocycles. The molecule has 0 radical (unpaired) electrons. The Morgan fingerprint density at radius 3 is 2.68 bits per heavy atom. The number of nitrogens with one attached hydrogen (secondary N) is 2. The number of aryl methyl sites for hydroxylation is 1. The molecular formula is C26H31N3O2. The van der Waals surface area contributed by atoms with Crippen LogP contribution in [0.25, 0.3) is 0 Å². The van der Waals surface area contributed by atoms with Gasteiger partial charge in [0.1, 0.15) is 0 Å². The second-order valence-electron chi connectivity index (χ2n) is 9.34. The molecular weight excluding hydrogens is 386 g/mol. The van der Waals surface area contributed by atoms with Crippen molar-refractivity contribution in [1.29, 1.82) is 0 Å². The number of fused-ring (bicyclic) bond motifs is 2. The molecule has 2 fully saturated rings. The summed E-state index contributed by atoms with van der Waals surface area (Å²) in [5, 5.41) is 6.29. The van der Waals surface area contributed by atoms with Crippen LogP contribution in [0.15, 0.2) is 48.5 Å². The normalized spacial score (nSPS) is 22.2. The molecule has 1 unspecified atom stereocenters. The Balaban J connectivity index is 1.23. The molecule has 2 amide bonds. The second kappa shape index (κ2) is 8.46. The van der Waals surface area contributed by atoms with Gasteiger partial charge < -0.3 is 15.5 Å². The number of likely N-dealkylation sites (tertiary alicyclic amines) is 1. The zero-order valence-electron chi connectivity index (χ0n) is 18.0. The van der Waals surface area contributed by atoms with E-state index in [1.54, 1.807) is 0 Å². The number of benzene rings is 2. The van der Waals surface area contributed by atoms with Gasteiger partial charge in [-0.15, -0.1) is 0 Å². The third-order valence-corrected chi connectivity index (χ3v) is 7.51. The van der Waals surface area contributed by atoms with Crippen LogP contribution in [0.3, 0.4) is 0 Å². The van der Waals surface area contributed by atoms with Crippen LogP contribution in [0.2, 0.25) is 0 Å². The molecule has 3 aliphatic rings. The quantitative estimate of drug-likeness (QED) is 0.800. The van der Waals surface area contributed by atoms with Gasteiger partial charge in [0.2, 0.25) is 5.91 Å². The van der Waals surface area contributed by atoms with Crippen molar-refractivity contribution in [2.75, 3.05) is 31.5 Å². The van der Waals surface area contributed by atoms with E-state index >= 15 is 0 Å². The van der Waals surface area contributed by atoms with Crippen LogP contribution in [0, 0.1) is 5.92 Å². The second-order valence-corrected chi connectivity index (χ2v) is 9.34. The zero-order chi connectivity index (χ0) is 21.3. The van der Waals surface area contributed by atoms with E-state index in [1.165, 1.54) is 17.5 Å². The fraction of sp³-hybridized carbons (Fsp3) is 0.462. The van der Waals surface area contributed by atoms with E-state index in [2.05, 4.69) is 34.9 Å². The van der Waals surface area contributed by atoms with Crippen molar-refractivity contribution >= 4 is 17.5 Å². The van der Waals surface area contributed by atoms with Crippen LogP contribution in [0.5, 0.6) is 0 Å². The maximum Gasteiger partial charge on any atom is 0.253 e. The average molecular weight is 418 g/mol. The molecule has 2 saturated heterocycles. The number of piperidine rings is 2. The molecule has 2 aromatic carbocycles. The van der Waals surface area contributed by atoms with Crippen LogP contribution < -0.4 is 10.6 Å². The minimum atomic E-state index is 0.000631. The monoisotopic (exact) mass is 417 g/mol. The highest BCUT2D eigenvalue weighted by Gasteiger charge is 2.41. The first-order valence-corrected chi connectivity index (χ1v) is 11.6. The third-order valence-electron chi connectivity index (χ3n) is 7.51. The van der Waals surface area contributed by atoms with Crippen LogP contribution in [-0.2, 0) is 16.6 Å². The average Bonchev–Trinajstić information content (AvgIpc) is 3.18. The van der Waals surface area contributed by atoms with Crippen molar-refractivity contribution in [3.05, 3.63) is 65.2 Å². The standard InChI is InChI=1S/C26H31N3O2/c30-24(21-7-4-14-27-18-21)28-22-8-3-6-20(17-22)25(31)29-15-12-26(13-16-29)11-10-19-5-1-2-9-23(19)26/h1-3,5-6,8-9,17,21,27H,4,7,10-16,18H2,(H,28,30). The van der Waals surface area contributed by atoms with E-state index in [9.17, 15) is 9.59 Å². The van der Waals surface area contributed by atoms with E-state index in [-0.39, 0.29) is 23.1 Å². The molecule has 1 spiro atoms. The van der Waals surface area contributed by atoms with Crippen LogP contribution in [0.4, 0.5) is 5.69 Å². The highest BCUT2D eigenvalue weighted by atomic mass is 16.2. The van der Waals surface area contributed by atoms with Crippen LogP contribution in [0.1, 0.15) is 53.6 Å². The number of amides is 2. The van der Waals surface area contributed by atoms with Gasteiger partial charge in [-0.1, -0.05) is 30.3 Å². The van der Waals surface area contributed by atoms with Crippen molar-refractivity contribution in [3.8, 4) is 0 Å². The molecule has 0 saturated carbocycles. The van der Waals surface area contributed by atoms with Gasteiger partial charge in [-0.25, -0.2) is 0 Å². The van der Waals surface area contributed by atoms with E-state index in [0.29, 0.717) is 11.3 Å². The molecule has 1 atom stereocenters. The maximum atomic E-state index is 13.2. The third kappa shape index (κ3) is 3.99. The number of nitrogens with zero attached hydrogens (tertiary/aromatic N) is 1. The molecule has 2 aromatic rings. The van der Waals surface area contributed by atoms with E-state index in [1.807, 2.05) is 29.2 Å². The fourth-order valence-electron chi connectivity index (χ4n) is 5.65. The van der Waals surface area contributed by atoms with Gasteiger partial charge in [-0.2, -0.15) is 0 Å². The predicted molar refractivity (Wildman–Crippen MR) is 122 cm³/mol. The first-order chi connectivity index (χ1) is 15.1. The van der Waals surface area contributed by atoms with Crippen LogP contribution >= 0.6 is 0 Å². The van der Waals surface area contributed by atoms with Gasteiger partial charge in [-0.3, -0.25) is 9.59 Å². The molecule has 0 aromatic heterocycles. The van der Waals surface area contributed by atoms with Crippen molar-refractivity contribution in [2.24, 2.45) is 5.92 Å². The van der Waals surface area contributed by atoms with Crippen molar-refractivity contribution in [2.45, 2.75) is 43.9 Å². The van der Waals surface area contributed by atoms with Gasteiger partial charge in [-0.05, 0) is 79.8 Å². The molecule has 5 nitrogen and oxygen atoms in total. The Kier molecular flexibility index (Phi) is 5.53. The summed E-state index contributed by atoms with van der Waals surface area (Å²) in [5.41, 5.74) is 4.60. The molecule has 5 heteroatoms. The smallest absolute Gasteiger partial charge is 0.253 e. The van der Waals surface area contributed by atoms with Gasteiger partial charge in [0.25, 0.3) is 5.91 Å². The lowest BCUT2D eigenvalue weighted by atomic mass is 9.74. The summed E-state index contributed by atoms with van der Waals surface area (Å²) < 4.78 is 0. The predicted octanol–water partition coefficient (Wildman–Crippen LogP) is 3.74. The van der Waals surface area contributed by atoms with E-state index < -0.39 is 0 Å². The summed E-state index contributed by atoms with van der Waals surface area (Å²) in [6, 6.07) is 16.2. The van der Waals surface area contributed by atoms with E-state index in [0.717, 1.165) is 58.3 Å². The number of carbonyl (C=O) groups is 2. The number of hydrogen-bond acceptors (Lipinski definition) is 3. The topological polar surface area (TPSA) is 61.4 Å². The SMILES string of the molecule is O=C(Nc1cccc(C(=O)N2CCC3(CCc4ccccc43)CC2)c1)C1CCCNC1. The maximum absolute atomic E-state index is 13.2. The van der Waals surface area contributed by atoms with Gasteiger partial charge in [0.15, 0.2) is 0 Å². The minimum absolute atomic E-state index is 0.000631. The number of rotatable bonds is 3. The largest absolute Gasteiger partial charge is 0.339 e. The van der Waals surface area contributed by atoms with E-state index in [4.69, 9.17) is 0 Å². The Morgan fingerprint density at radius 2 is 1.87 bits per heavy atom. The summed E-state index contributed by atoms with van der Waals surface area (Å²) in [4.78, 5) is 27.7. The van der Waals surface area contributed by atoms with Crippen molar-refractivity contribution < 1.29 is 9.59 Å². The molecule has 162 valence electrons. The van der Waals surface area contributed by atoms with Gasteiger partial charge >= 0.3 is 0 Å². The highest BCUT2D eigenvalue weighted by molar-refractivity contribution is 5.97.